The third-order valence-corrected chi connectivity index (χ3v) is 6.26. The van der Waals surface area contributed by atoms with Crippen molar-refractivity contribution in [3.8, 4) is 0 Å². The van der Waals surface area contributed by atoms with Crippen molar-refractivity contribution in [2.45, 2.75) is 18.8 Å². The summed E-state index contributed by atoms with van der Waals surface area (Å²) in [4.78, 5) is 7.83. The van der Waals surface area contributed by atoms with Crippen molar-refractivity contribution >= 4 is 44.4 Å². The SMILES string of the molecule is CNS(=O)(=O)N1CCC(c2nc3cc(Cl)c(Cl)cc3[nH]2)CC1. The van der Waals surface area contributed by atoms with Gasteiger partial charge in [0.25, 0.3) is 10.2 Å². The van der Waals surface area contributed by atoms with E-state index in [1.807, 2.05) is 0 Å². The van der Waals surface area contributed by atoms with Crippen LogP contribution in [0.4, 0.5) is 0 Å². The van der Waals surface area contributed by atoms with Crippen LogP contribution in [0, 0.1) is 0 Å². The number of hydrogen-bond acceptors (Lipinski definition) is 3. The molecule has 120 valence electrons. The molecular weight excluding hydrogens is 347 g/mol. The number of fused-ring (bicyclic) bond motifs is 1. The Bertz CT molecular complexity index is 759. The Hall–Kier alpha value is -0.860. The molecular formula is C13H16Cl2N4O2S. The molecule has 2 heterocycles. The number of nitrogens with zero attached hydrogens (tertiary/aromatic N) is 2. The van der Waals surface area contributed by atoms with E-state index in [0.29, 0.717) is 23.1 Å². The van der Waals surface area contributed by atoms with E-state index in [1.54, 1.807) is 12.1 Å². The van der Waals surface area contributed by atoms with Gasteiger partial charge in [0.2, 0.25) is 0 Å². The van der Waals surface area contributed by atoms with E-state index in [1.165, 1.54) is 11.4 Å². The van der Waals surface area contributed by atoms with Crippen molar-refractivity contribution < 1.29 is 8.42 Å². The Morgan fingerprint density at radius 2 is 1.91 bits per heavy atom. The third-order valence-electron chi connectivity index (χ3n) is 3.98. The van der Waals surface area contributed by atoms with Gasteiger partial charge in [-0.05, 0) is 25.0 Å². The van der Waals surface area contributed by atoms with E-state index in [9.17, 15) is 8.42 Å². The summed E-state index contributed by atoms with van der Waals surface area (Å²) in [6, 6.07) is 3.50. The lowest BCUT2D eigenvalue weighted by molar-refractivity contribution is 0.312. The number of aromatic amines is 1. The molecule has 1 aliphatic rings. The van der Waals surface area contributed by atoms with Gasteiger partial charge in [-0.2, -0.15) is 12.7 Å². The number of hydrogen-bond donors (Lipinski definition) is 2. The fraction of sp³-hybridized carbons (Fsp3) is 0.462. The standard InChI is InChI=1S/C13H16Cl2N4O2S/c1-16-22(20,21)19-4-2-8(3-5-19)13-17-11-6-9(14)10(15)7-12(11)18-13/h6-8,16H,2-5H2,1H3,(H,17,18). The first kappa shape index (κ1) is 16.0. The maximum Gasteiger partial charge on any atom is 0.279 e. The first-order valence-corrected chi connectivity index (χ1v) is 9.13. The third kappa shape index (κ3) is 2.96. The highest BCUT2D eigenvalue weighted by Crippen LogP contribution is 2.31. The van der Waals surface area contributed by atoms with Crippen molar-refractivity contribution in [1.82, 2.24) is 19.0 Å². The van der Waals surface area contributed by atoms with Crippen molar-refractivity contribution in [2.24, 2.45) is 0 Å². The number of rotatable bonds is 3. The van der Waals surface area contributed by atoms with Crippen LogP contribution < -0.4 is 4.72 Å². The predicted octanol–water partition coefficient (Wildman–Crippen LogP) is 2.51. The summed E-state index contributed by atoms with van der Waals surface area (Å²) in [5.41, 5.74) is 1.62. The molecule has 0 amide bonds. The largest absolute Gasteiger partial charge is 0.342 e. The average Bonchev–Trinajstić information content (AvgIpc) is 2.90. The Morgan fingerprint density at radius 3 is 2.55 bits per heavy atom. The molecule has 9 heteroatoms. The van der Waals surface area contributed by atoms with Gasteiger partial charge in [-0.25, -0.2) is 9.71 Å². The van der Waals surface area contributed by atoms with Crippen LogP contribution in [-0.4, -0.2) is 42.8 Å². The molecule has 0 aliphatic carbocycles. The van der Waals surface area contributed by atoms with Crippen LogP contribution in [0.3, 0.4) is 0 Å². The van der Waals surface area contributed by atoms with Gasteiger partial charge in [0, 0.05) is 26.1 Å². The molecule has 1 aromatic carbocycles. The fourth-order valence-corrected chi connectivity index (χ4v) is 3.99. The van der Waals surface area contributed by atoms with E-state index < -0.39 is 10.2 Å². The quantitative estimate of drug-likeness (QED) is 0.880. The highest BCUT2D eigenvalue weighted by molar-refractivity contribution is 7.87. The monoisotopic (exact) mass is 362 g/mol. The Labute approximate surface area is 139 Å². The maximum absolute atomic E-state index is 11.8. The molecule has 0 bridgehead atoms. The van der Waals surface area contributed by atoms with Gasteiger partial charge >= 0.3 is 0 Å². The summed E-state index contributed by atoms with van der Waals surface area (Å²) < 4.78 is 27.4. The molecule has 1 fully saturated rings. The number of benzene rings is 1. The summed E-state index contributed by atoms with van der Waals surface area (Å²) in [5.74, 6) is 1.06. The summed E-state index contributed by atoms with van der Waals surface area (Å²) >= 11 is 12.0. The second-order valence-corrected chi connectivity index (χ2v) is 7.98. The normalized spacial score (nSPS) is 18.1. The van der Waals surface area contributed by atoms with Crippen LogP contribution in [0.2, 0.25) is 10.0 Å². The molecule has 0 unspecified atom stereocenters. The summed E-state index contributed by atoms with van der Waals surface area (Å²) in [7, 11) is -1.92. The van der Waals surface area contributed by atoms with Gasteiger partial charge in [-0.15, -0.1) is 0 Å². The summed E-state index contributed by atoms with van der Waals surface area (Å²) in [6.07, 6.45) is 1.45. The Balaban J connectivity index is 1.79. The van der Waals surface area contributed by atoms with Gasteiger partial charge in [0.1, 0.15) is 5.82 Å². The minimum atomic E-state index is -3.34. The zero-order chi connectivity index (χ0) is 15.9. The molecule has 6 nitrogen and oxygen atoms in total. The zero-order valence-corrected chi connectivity index (χ0v) is 14.3. The van der Waals surface area contributed by atoms with Crippen LogP contribution >= 0.6 is 23.2 Å². The molecule has 0 radical (unpaired) electrons. The second-order valence-electron chi connectivity index (χ2n) is 5.29. The molecule has 0 spiro atoms. The van der Waals surface area contributed by atoms with E-state index >= 15 is 0 Å². The van der Waals surface area contributed by atoms with E-state index in [-0.39, 0.29) is 5.92 Å². The minimum Gasteiger partial charge on any atom is -0.342 e. The second kappa shape index (κ2) is 5.98. The summed E-state index contributed by atoms with van der Waals surface area (Å²) in [5, 5.41) is 0.960. The van der Waals surface area contributed by atoms with E-state index in [2.05, 4.69) is 14.7 Å². The molecule has 0 atom stereocenters. The van der Waals surface area contributed by atoms with Crippen LogP contribution in [0.5, 0.6) is 0 Å². The number of nitrogens with one attached hydrogen (secondary N) is 2. The molecule has 2 N–H and O–H groups in total. The van der Waals surface area contributed by atoms with E-state index in [4.69, 9.17) is 23.2 Å². The highest BCUT2D eigenvalue weighted by atomic mass is 35.5. The topological polar surface area (TPSA) is 78.1 Å². The van der Waals surface area contributed by atoms with E-state index in [0.717, 1.165) is 29.7 Å². The molecule has 0 saturated carbocycles. The Morgan fingerprint density at radius 1 is 1.27 bits per heavy atom. The number of H-pyrrole nitrogens is 1. The van der Waals surface area contributed by atoms with Crippen molar-refractivity contribution in [2.75, 3.05) is 20.1 Å². The fourth-order valence-electron chi connectivity index (χ4n) is 2.72. The average molecular weight is 363 g/mol. The van der Waals surface area contributed by atoms with Crippen molar-refractivity contribution in [1.29, 1.82) is 0 Å². The van der Waals surface area contributed by atoms with Gasteiger partial charge in [0.15, 0.2) is 0 Å². The Kier molecular flexibility index (Phi) is 4.35. The van der Waals surface area contributed by atoms with Crippen LogP contribution in [0.15, 0.2) is 12.1 Å². The summed E-state index contributed by atoms with van der Waals surface area (Å²) in [6.45, 7) is 0.957. The molecule has 2 aromatic rings. The minimum absolute atomic E-state index is 0.202. The zero-order valence-electron chi connectivity index (χ0n) is 11.9. The lowest BCUT2D eigenvalue weighted by Crippen LogP contribution is -2.43. The van der Waals surface area contributed by atoms with Gasteiger partial charge in [-0.1, -0.05) is 23.2 Å². The van der Waals surface area contributed by atoms with Crippen LogP contribution in [0.25, 0.3) is 11.0 Å². The van der Waals surface area contributed by atoms with Gasteiger partial charge in [0.05, 0.1) is 21.1 Å². The number of aromatic nitrogens is 2. The van der Waals surface area contributed by atoms with Crippen molar-refractivity contribution in [3.63, 3.8) is 0 Å². The molecule has 3 rings (SSSR count). The molecule has 1 saturated heterocycles. The number of halogens is 2. The number of imidazole rings is 1. The number of piperidine rings is 1. The lowest BCUT2D eigenvalue weighted by atomic mass is 9.97. The van der Waals surface area contributed by atoms with Crippen LogP contribution in [0.1, 0.15) is 24.6 Å². The van der Waals surface area contributed by atoms with Crippen molar-refractivity contribution in [3.05, 3.63) is 28.0 Å². The molecule has 1 aliphatic heterocycles. The van der Waals surface area contributed by atoms with Crippen LogP contribution in [-0.2, 0) is 10.2 Å². The highest BCUT2D eigenvalue weighted by Gasteiger charge is 2.29. The first-order chi connectivity index (χ1) is 10.4. The maximum atomic E-state index is 11.8. The predicted molar refractivity (Wildman–Crippen MR) is 87.6 cm³/mol. The molecule has 22 heavy (non-hydrogen) atoms. The van der Waals surface area contributed by atoms with Gasteiger partial charge in [-0.3, -0.25) is 0 Å². The smallest absolute Gasteiger partial charge is 0.279 e. The lowest BCUT2D eigenvalue weighted by Gasteiger charge is -2.29. The van der Waals surface area contributed by atoms with Gasteiger partial charge < -0.3 is 4.98 Å². The molecule has 1 aromatic heterocycles. The first-order valence-electron chi connectivity index (χ1n) is 6.94.